The first-order valence-corrected chi connectivity index (χ1v) is 9.96. The summed E-state index contributed by atoms with van der Waals surface area (Å²) in [5, 5.41) is 7.06. The first-order chi connectivity index (χ1) is 12.5. The van der Waals surface area contributed by atoms with Crippen LogP contribution in [0, 0.1) is 11.7 Å². The molecule has 1 aromatic carbocycles. The summed E-state index contributed by atoms with van der Waals surface area (Å²) >= 11 is 0. The number of piperidine rings is 1. The molecule has 3 rings (SSSR count). The van der Waals surface area contributed by atoms with Gasteiger partial charge in [0.15, 0.2) is 5.96 Å². The Hall–Kier alpha value is -0.890. The summed E-state index contributed by atoms with van der Waals surface area (Å²) in [7, 11) is 1.82. The molecule has 1 aliphatic heterocycles. The lowest BCUT2D eigenvalue weighted by molar-refractivity contribution is 0.187. The van der Waals surface area contributed by atoms with Crippen molar-refractivity contribution in [1.82, 2.24) is 15.5 Å². The van der Waals surface area contributed by atoms with E-state index in [9.17, 15) is 4.39 Å². The van der Waals surface area contributed by atoms with Gasteiger partial charge in [0.1, 0.15) is 5.82 Å². The fourth-order valence-corrected chi connectivity index (χ4v) is 3.95. The maximum atomic E-state index is 13.5. The maximum Gasteiger partial charge on any atom is 0.191 e. The molecule has 0 amide bonds. The monoisotopic (exact) mass is 488 g/mol. The van der Waals surface area contributed by atoms with E-state index in [4.69, 9.17) is 0 Å². The van der Waals surface area contributed by atoms with Crippen molar-refractivity contribution < 1.29 is 4.39 Å². The highest BCUT2D eigenvalue weighted by molar-refractivity contribution is 14.0. The largest absolute Gasteiger partial charge is 0.356 e. The van der Waals surface area contributed by atoms with Gasteiger partial charge in [0.05, 0.1) is 0 Å². The quantitative estimate of drug-likeness (QED) is 0.364. The van der Waals surface area contributed by atoms with Gasteiger partial charge < -0.3 is 15.5 Å². The van der Waals surface area contributed by atoms with Crippen molar-refractivity contribution in [1.29, 1.82) is 0 Å². The summed E-state index contributed by atoms with van der Waals surface area (Å²) in [4.78, 5) is 6.96. The first kappa shape index (κ1) is 22.4. The third-order valence-corrected chi connectivity index (χ3v) is 5.66. The third-order valence-electron chi connectivity index (χ3n) is 5.66. The number of nitrogens with one attached hydrogen (secondary N) is 2. The van der Waals surface area contributed by atoms with Crippen LogP contribution in [0.3, 0.4) is 0 Å². The lowest BCUT2D eigenvalue weighted by Gasteiger charge is -2.34. The lowest BCUT2D eigenvalue weighted by atomic mass is 9.96. The second-order valence-electron chi connectivity index (χ2n) is 8.33. The van der Waals surface area contributed by atoms with E-state index in [-0.39, 0.29) is 35.2 Å². The van der Waals surface area contributed by atoms with Gasteiger partial charge in [0.2, 0.25) is 0 Å². The van der Waals surface area contributed by atoms with Gasteiger partial charge >= 0.3 is 0 Å². The molecular formula is C21H34FIN4. The SMILES string of the molecule is CN=C(NCC1(c2cccc(F)c2)CC1)NC1CCN(CC(C)C)CC1.I. The van der Waals surface area contributed by atoms with E-state index >= 15 is 0 Å². The Bertz CT molecular complexity index is 622. The van der Waals surface area contributed by atoms with Crippen LogP contribution in [-0.4, -0.2) is 50.1 Å². The highest BCUT2D eigenvalue weighted by Gasteiger charge is 2.44. The van der Waals surface area contributed by atoms with Crippen molar-refractivity contribution in [2.45, 2.75) is 51.0 Å². The van der Waals surface area contributed by atoms with Crippen LogP contribution in [0.2, 0.25) is 0 Å². The van der Waals surface area contributed by atoms with E-state index in [1.54, 1.807) is 6.07 Å². The summed E-state index contributed by atoms with van der Waals surface area (Å²) in [5.41, 5.74) is 1.17. The van der Waals surface area contributed by atoms with Crippen LogP contribution in [-0.2, 0) is 5.41 Å². The van der Waals surface area contributed by atoms with Crippen LogP contribution in [0.1, 0.15) is 45.1 Å². The van der Waals surface area contributed by atoms with E-state index in [1.807, 2.05) is 19.2 Å². The van der Waals surface area contributed by atoms with E-state index in [1.165, 1.54) is 12.6 Å². The molecule has 6 heteroatoms. The molecule has 2 N–H and O–H groups in total. The van der Waals surface area contributed by atoms with E-state index < -0.39 is 0 Å². The molecule has 2 fully saturated rings. The average Bonchev–Trinajstić information content (AvgIpc) is 3.41. The molecule has 1 aliphatic carbocycles. The van der Waals surface area contributed by atoms with E-state index in [0.717, 1.165) is 62.8 Å². The molecule has 0 radical (unpaired) electrons. The molecule has 152 valence electrons. The fourth-order valence-electron chi connectivity index (χ4n) is 3.95. The van der Waals surface area contributed by atoms with Crippen LogP contribution >= 0.6 is 24.0 Å². The zero-order valence-corrected chi connectivity index (χ0v) is 19.1. The van der Waals surface area contributed by atoms with Gasteiger partial charge in [-0.15, -0.1) is 24.0 Å². The predicted octanol–water partition coefficient (Wildman–Crippen LogP) is 3.76. The minimum Gasteiger partial charge on any atom is -0.356 e. The van der Waals surface area contributed by atoms with Crippen molar-refractivity contribution in [3.05, 3.63) is 35.6 Å². The Morgan fingerprint density at radius 2 is 2.00 bits per heavy atom. The predicted molar refractivity (Wildman–Crippen MR) is 122 cm³/mol. The topological polar surface area (TPSA) is 39.7 Å². The van der Waals surface area contributed by atoms with Crippen LogP contribution in [0.15, 0.2) is 29.3 Å². The molecule has 1 saturated heterocycles. The number of hydrogen-bond donors (Lipinski definition) is 2. The number of likely N-dealkylation sites (tertiary alicyclic amines) is 1. The van der Waals surface area contributed by atoms with Gasteiger partial charge in [-0.3, -0.25) is 4.99 Å². The maximum absolute atomic E-state index is 13.5. The third kappa shape index (κ3) is 6.31. The summed E-state index contributed by atoms with van der Waals surface area (Å²) in [5.74, 6) is 1.45. The molecule has 2 aliphatic rings. The second-order valence-corrected chi connectivity index (χ2v) is 8.33. The van der Waals surface area contributed by atoms with Gasteiger partial charge in [-0.1, -0.05) is 26.0 Å². The average molecular weight is 488 g/mol. The van der Waals surface area contributed by atoms with Crippen LogP contribution in [0.4, 0.5) is 4.39 Å². The number of benzene rings is 1. The minimum absolute atomic E-state index is 0. The summed E-state index contributed by atoms with van der Waals surface area (Å²) in [6.07, 6.45) is 4.52. The zero-order valence-electron chi connectivity index (χ0n) is 16.8. The summed E-state index contributed by atoms with van der Waals surface area (Å²) < 4.78 is 13.5. The van der Waals surface area contributed by atoms with Gasteiger partial charge in [0.25, 0.3) is 0 Å². The van der Waals surface area contributed by atoms with Crippen molar-refractivity contribution in [3.8, 4) is 0 Å². The standard InChI is InChI=1S/C21H33FN4.HI/c1-16(2)14-26-11-7-19(8-12-26)25-20(23-3)24-15-21(9-10-21)17-5-4-6-18(22)13-17;/h4-6,13,16,19H,7-12,14-15H2,1-3H3,(H2,23,24,25);1H. The van der Waals surface area contributed by atoms with Crippen LogP contribution in [0.5, 0.6) is 0 Å². The lowest BCUT2D eigenvalue weighted by Crippen LogP contribution is -2.50. The molecule has 0 spiro atoms. The van der Waals surface area contributed by atoms with Gasteiger partial charge in [-0.2, -0.15) is 0 Å². The molecule has 1 aromatic rings. The Morgan fingerprint density at radius 1 is 1.30 bits per heavy atom. The Labute approximate surface area is 180 Å². The minimum atomic E-state index is -0.149. The van der Waals surface area contributed by atoms with Gasteiger partial charge in [-0.25, -0.2) is 4.39 Å². The van der Waals surface area contributed by atoms with Crippen molar-refractivity contribution >= 4 is 29.9 Å². The van der Waals surface area contributed by atoms with E-state index in [0.29, 0.717) is 6.04 Å². The second kappa shape index (κ2) is 10.0. The van der Waals surface area contributed by atoms with Gasteiger partial charge in [0, 0.05) is 44.7 Å². The smallest absolute Gasteiger partial charge is 0.191 e. The Kier molecular flexibility index (Phi) is 8.34. The number of guanidine groups is 1. The highest BCUT2D eigenvalue weighted by atomic mass is 127. The number of hydrogen-bond acceptors (Lipinski definition) is 2. The number of rotatable bonds is 6. The highest BCUT2D eigenvalue weighted by Crippen LogP contribution is 2.47. The van der Waals surface area contributed by atoms with E-state index in [2.05, 4.69) is 34.4 Å². The van der Waals surface area contributed by atoms with Crippen molar-refractivity contribution in [2.75, 3.05) is 33.2 Å². The molecule has 0 bridgehead atoms. The normalized spacial score (nSPS) is 20.3. The number of nitrogens with zero attached hydrogens (tertiary/aromatic N) is 2. The molecule has 27 heavy (non-hydrogen) atoms. The molecule has 4 nitrogen and oxygen atoms in total. The molecule has 0 aromatic heterocycles. The Balaban J connectivity index is 0.00000261. The first-order valence-electron chi connectivity index (χ1n) is 9.96. The Morgan fingerprint density at radius 3 is 2.56 bits per heavy atom. The summed E-state index contributed by atoms with van der Waals surface area (Å²) in [6.45, 7) is 8.86. The molecule has 0 atom stereocenters. The number of halogens is 2. The molecule has 0 unspecified atom stereocenters. The molecule has 1 heterocycles. The van der Waals surface area contributed by atoms with Crippen molar-refractivity contribution in [2.24, 2.45) is 10.9 Å². The molecular weight excluding hydrogens is 454 g/mol. The molecule has 1 saturated carbocycles. The van der Waals surface area contributed by atoms with Crippen LogP contribution in [0.25, 0.3) is 0 Å². The van der Waals surface area contributed by atoms with Crippen LogP contribution < -0.4 is 10.6 Å². The number of aliphatic imine (C=N–C) groups is 1. The zero-order chi connectivity index (χ0) is 18.6. The van der Waals surface area contributed by atoms with Crippen molar-refractivity contribution in [3.63, 3.8) is 0 Å². The summed E-state index contributed by atoms with van der Waals surface area (Å²) in [6, 6.07) is 7.52. The van der Waals surface area contributed by atoms with Gasteiger partial charge in [-0.05, 0) is 49.3 Å². The fraction of sp³-hybridized carbons (Fsp3) is 0.667.